The number of carbonyl (C=O) groups is 3. The molecule has 0 radical (unpaired) electrons. The topological polar surface area (TPSA) is 91.8 Å². The Labute approximate surface area is 177 Å². The van der Waals surface area contributed by atoms with Crippen molar-refractivity contribution in [1.82, 2.24) is 20.1 Å². The molecule has 1 aromatic rings. The van der Waals surface area contributed by atoms with Gasteiger partial charge in [-0.2, -0.15) is 0 Å². The minimum absolute atomic E-state index is 0.0115. The van der Waals surface area contributed by atoms with Crippen LogP contribution in [0.5, 0.6) is 0 Å². The number of nitrogens with zero attached hydrogens (tertiary/aromatic N) is 3. The fourth-order valence-electron chi connectivity index (χ4n) is 4.69. The lowest BCUT2D eigenvalue weighted by atomic mass is 9.94. The average molecular weight is 415 g/mol. The Morgan fingerprint density at radius 2 is 1.90 bits per heavy atom. The molecule has 3 amide bonds. The third kappa shape index (κ3) is 4.98. The van der Waals surface area contributed by atoms with Crippen LogP contribution in [0.15, 0.2) is 24.5 Å². The predicted octanol–water partition coefficient (Wildman–Crippen LogP) is 1.11. The van der Waals surface area contributed by atoms with Crippen LogP contribution in [0.25, 0.3) is 0 Å². The summed E-state index contributed by atoms with van der Waals surface area (Å²) in [5, 5.41) is 2.72. The van der Waals surface area contributed by atoms with Gasteiger partial charge >= 0.3 is 0 Å². The van der Waals surface area contributed by atoms with Gasteiger partial charge in [-0.05, 0) is 30.5 Å². The van der Waals surface area contributed by atoms with Crippen LogP contribution in [0.1, 0.15) is 44.1 Å². The first-order valence-corrected chi connectivity index (χ1v) is 11.0. The van der Waals surface area contributed by atoms with Crippen molar-refractivity contribution in [2.24, 2.45) is 5.92 Å². The van der Waals surface area contributed by atoms with Crippen molar-refractivity contribution in [2.45, 2.75) is 57.3 Å². The van der Waals surface area contributed by atoms with Crippen molar-refractivity contribution in [3.05, 3.63) is 30.1 Å². The highest BCUT2D eigenvalue weighted by Crippen LogP contribution is 2.25. The molecule has 0 spiro atoms. The molecule has 30 heavy (non-hydrogen) atoms. The maximum atomic E-state index is 13.1. The van der Waals surface area contributed by atoms with E-state index in [0.29, 0.717) is 26.2 Å². The molecule has 0 bridgehead atoms. The fraction of sp³-hybridized carbons (Fsp3) is 0.636. The van der Waals surface area contributed by atoms with Crippen molar-refractivity contribution in [3.8, 4) is 0 Å². The van der Waals surface area contributed by atoms with Gasteiger partial charge in [-0.3, -0.25) is 19.4 Å². The number of hydrogen-bond donors (Lipinski definition) is 1. The number of carbonyl (C=O) groups excluding carboxylic acids is 3. The molecular formula is C22H30N4O4. The summed E-state index contributed by atoms with van der Waals surface area (Å²) in [4.78, 5) is 45.3. The Bertz CT molecular complexity index is 766. The summed E-state index contributed by atoms with van der Waals surface area (Å²) in [6.45, 7) is 1.68. The van der Waals surface area contributed by atoms with Crippen LogP contribution < -0.4 is 5.32 Å². The Balaban J connectivity index is 1.48. The molecule has 2 aliphatic heterocycles. The molecule has 3 heterocycles. The normalized spacial score (nSPS) is 25.9. The fourth-order valence-corrected chi connectivity index (χ4v) is 4.69. The molecule has 8 heteroatoms. The van der Waals surface area contributed by atoms with Crippen LogP contribution in [-0.2, 0) is 25.7 Å². The van der Waals surface area contributed by atoms with Crippen LogP contribution in [0.3, 0.4) is 0 Å². The second-order valence-electron chi connectivity index (χ2n) is 8.55. The molecule has 3 aliphatic rings. The lowest BCUT2D eigenvalue weighted by molar-refractivity contribution is -0.142. The summed E-state index contributed by atoms with van der Waals surface area (Å²) in [7, 11) is 0. The average Bonchev–Trinajstić information content (AvgIpc) is 3.14. The molecule has 162 valence electrons. The van der Waals surface area contributed by atoms with Crippen LogP contribution in [0.4, 0.5) is 0 Å². The molecule has 8 nitrogen and oxygen atoms in total. The second-order valence-corrected chi connectivity index (χ2v) is 8.55. The van der Waals surface area contributed by atoms with Gasteiger partial charge in [-0.15, -0.1) is 0 Å². The van der Waals surface area contributed by atoms with Gasteiger partial charge in [0.15, 0.2) is 0 Å². The van der Waals surface area contributed by atoms with E-state index in [9.17, 15) is 14.4 Å². The van der Waals surface area contributed by atoms with E-state index in [4.69, 9.17) is 4.74 Å². The zero-order valence-corrected chi connectivity index (χ0v) is 17.3. The van der Waals surface area contributed by atoms with Crippen molar-refractivity contribution in [1.29, 1.82) is 0 Å². The number of aromatic nitrogens is 1. The number of pyridine rings is 1. The quantitative estimate of drug-likeness (QED) is 0.779. The molecule has 2 saturated heterocycles. The first kappa shape index (κ1) is 20.8. The maximum absolute atomic E-state index is 13.1. The van der Waals surface area contributed by atoms with E-state index in [1.165, 1.54) is 6.42 Å². The number of nitrogens with one attached hydrogen (secondary N) is 1. The number of ether oxygens (including phenoxy) is 1. The lowest BCUT2D eigenvalue weighted by Crippen LogP contribution is -2.46. The standard InChI is InChI=1S/C22H30N4O4/c27-20-10-17(11-24-20)22(29)25-12-19(30-15-16-6-8-23-9-7-16)13-26(21(28)14-25)18-4-2-1-3-5-18/h6-9,17-19H,1-5,10-15H2,(H,24,27). The molecular weight excluding hydrogens is 384 g/mol. The highest BCUT2D eigenvalue weighted by Gasteiger charge is 2.38. The largest absolute Gasteiger partial charge is 0.370 e. The summed E-state index contributed by atoms with van der Waals surface area (Å²) < 4.78 is 6.18. The van der Waals surface area contributed by atoms with Crippen molar-refractivity contribution in [2.75, 3.05) is 26.2 Å². The van der Waals surface area contributed by atoms with Gasteiger partial charge in [0.2, 0.25) is 17.7 Å². The first-order chi connectivity index (χ1) is 14.6. The molecule has 4 rings (SSSR count). The zero-order chi connectivity index (χ0) is 20.9. The molecule has 2 atom stereocenters. The van der Waals surface area contributed by atoms with Crippen molar-refractivity contribution >= 4 is 17.7 Å². The van der Waals surface area contributed by atoms with Gasteiger partial charge in [-0.1, -0.05) is 19.3 Å². The zero-order valence-electron chi connectivity index (χ0n) is 17.3. The summed E-state index contributed by atoms with van der Waals surface area (Å²) in [6, 6.07) is 4.03. The van der Waals surface area contributed by atoms with Crippen LogP contribution >= 0.6 is 0 Å². The molecule has 1 saturated carbocycles. The molecule has 2 unspecified atom stereocenters. The minimum Gasteiger partial charge on any atom is -0.370 e. The summed E-state index contributed by atoms with van der Waals surface area (Å²) in [6.07, 6.45) is 8.89. The summed E-state index contributed by atoms with van der Waals surface area (Å²) >= 11 is 0. The Hall–Kier alpha value is -2.48. The van der Waals surface area contributed by atoms with Crippen LogP contribution in [-0.4, -0.2) is 70.8 Å². The SMILES string of the molecule is O=C1CC(C(=O)N2CC(=O)N(C3CCCCC3)CC(OCc3ccncc3)C2)CN1. The third-order valence-electron chi connectivity index (χ3n) is 6.36. The monoisotopic (exact) mass is 414 g/mol. The maximum Gasteiger partial charge on any atom is 0.242 e. The first-order valence-electron chi connectivity index (χ1n) is 11.0. The summed E-state index contributed by atoms with van der Waals surface area (Å²) in [5.41, 5.74) is 1.01. The third-order valence-corrected chi connectivity index (χ3v) is 6.36. The van der Waals surface area contributed by atoms with Crippen molar-refractivity contribution in [3.63, 3.8) is 0 Å². The highest BCUT2D eigenvalue weighted by molar-refractivity contribution is 5.91. The number of rotatable bonds is 5. The van der Waals surface area contributed by atoms with Crippen LogP contribution in [0.2, 0.25) is 0 Å². The molecule has 1 aromatic heterocycles. The van der Waals surface area contributed by atoms with Gasteiger partial charge in [0, 0.05) is 44.5 Å². The Kier molecular flexibility index (Phi) is 6.62. The predicted molar refractivity (Wildman–Crippen MR) is 109 cm³/mol. The van der Waals surface area contributed by atoms with E-state index in [0.717, 1.165) is 31.2 Å². The highest BCUT2D eigenvalue weighted by atomic mass is 16.5. The van der Waals surface area contributed by atoms with Gasteiger partial charge < -0.3 is 19.9 Å². The van der Waals surface area contributed by atoms with Gasteiger partial charge in [0.05, 0.1) is 25.2 Å². The van der Waals surface area contributed by atoms with E-state index in [-0.39, 0.29) is 42.8 Å². The van der Waals surface area contributed by atoms with E-state index in [1.54, 1.807) is 17.3 Å². The van der Waals surface area contributed by atoms with Crippen LogP contribution in [0, 0.1) is 5.92 Å². The van der Waals surface area contributed by atoms with E-state index >= 15 is 0 Å². The lowest BCUT2D eigenvalue weighted by Gasteiger charge is -2.34. The van der Waals surface area contributed by atoms with Crippen molar-refractivity contribution < 1.29 is 19.1 Å². The number of amides is 3. The van der Waals surface area contributed by atoms with E-state index in [2.05, 4.69) is 10.3 Å². The van der Waals surface area contributed by atoms with E-state index in [1.807, 2.05) is 17.0 Å². The Morgan fingerprint density at radius 3 is 2.60 bits per heavy atom. The van der Waals surface area contributed by atoms with Gasteiger partial charge in [0.1, 0.15) is 0 Å². The molecule has 0 aromatic carbocycles. The molecule has 1 N–H and O–H groups in total. The number of hydrogen-bond acceptors (Lipinski definition) is 5. The van der Waals surface area contributed by atoms with Gasteiger partial charge in [0.25, 0.3) is 0 Å². The van der Waals surface area contributed by atoms with E-state index < -0.39 is 5.92 Å². The minimum atomic E-state index is -0.396. The second kappa shape index (κ2) is 9.55. The Morgan fingerprint density at radius 1 is 1.13 bits per heavy atom. The summed E-state index contributed by atoms with van der Waals surface area (Å²) in [5.74, 6) is -0.650. The molecule has 3 fully saturated rings. The smallest absolute Gasteiger partial charge is 0.242 e. The van der Waals surface area contributed by atoms with Gasteiger partial charge in [-0.25, -0.2) is 0 Å². The molecule has 1 aliphatic carbocycles.